The lowest BCUT2D eigenvalue weighted by molar-refractivity contribution is -0.157. The maximum atomic E-state index is 11.7. The molecule has 0 N–H and O–H groups in total. The summed E-state index contributed by atoms with van der Waals surface area (Å²) in [4.78, 5) is 21.8. The molecule has 0 aliphatic heterocycles. The summed E-state index contributed by atoms with van der Waals surface area (Å²) in [5.74, 6) is 0.280. The fraction of sp³-hybridized carbons (Fsp3) is 0.833. The van der Waals surface area contributed by atoms with Crippen LogP contribution in [-0.2, 0) is 19.1 Å². The molecule has 0 saturated heterocycles. The highest BCUT2D eigenvalue weighted by molar-refractivity contribution is 5.76. The van der Waals surface area contributed by atoms with E-state index in [1.807, 2.05) is 27.7 Å². The number of esters is 1. The Morgan fingerprint density at radius 3 is 2.50 bits per heavy atom. The molecule has 92 valence electrons. The van der Waals surface area contributed by atoms with Crippen LogP contribution in [0, 0.1) is 17.8 Å². The van der Waals surface area contributed by atoms with Crippen LogP contribution in [-0.4, -0.2) is 31.1 Å². The van der Waals surface area contributed by atoms with Gasteiger partial charge >= 0.3 is 5.97 Å². The molecule has 1 aliphatic rings. The fourth-order valence-corrected chi connectivity index (χ4v) is 1.81. The van der Waals surface area contributed by atoms with Crippen molar-refractivity contribution < 1.29 is 19.1 Å². The normalized spacial score (nSPS) is 28.6. The Labute approximate surface area is 96.3 Å². The van der Waals surface area contributed by atoms with Crippen LogP contribution in [0.2, 0.25) is 0 Å². The zero-order chi connectivity index (χ0) is 12.3. The average Bonchev–Trinajstić information content (AvgIpc) is 2.74. The van der Waals surface area contributed by atoms with Gasteiger partial charge in [-0.25, -0.2) is 0 Å². The van der Waals surface area contributed by atoms with Crippen molar-refractivity contribution in [2.45, 2.75) is 33.3 Å². The van der Waals surface area contributed by atoms with Crippen LogP contribution < -0.4 is 0 Å². The van der Waals surface area contributed by atoms with Crippen LogP contribution in [0.5, 0.6) is 0 Å². The van der Waals surface area contributed by atoms with Gasteiger partial charge in [0.15, 0.2) is 0 Å². The van der Waals surface area contributed by atoms with Crippen molar-refractivity contribution in [1.82, 2.24) is 0 Å². The van der Waals surface area contributed by atoms with E-state index in [4.69, 9.17) is 9.47 Å². The summed E-state index contributed by atoms with van der Waals surface area (Å²) in [7, 11) is 0. The van der Waals surface area contributed by atoms with Crippen molar-refractivity contribution >= 4 is 12.3 Å². The molecule has 3 atom stereocenters. The van der Waals surface area contributed by atoms with Gasteiger partial charge in [-0.2, -0.15) is 0 Å². The fourth-order valence-electron chi connectivity index (χ4n) is 1.81. The molecule has 0 heterocycles. The maximum Gasteiger partial charge on any atom is 0.310 e. The van der Waals surface area contributed by atoms with Crippen LogP contribution >= 0.6 is 0 Å². The van der Waals surface area contributed by atoms with Gasteiger partial charge in [0.2, 0.25) is 0 Å². The van der Waals surface area contributed by atoms with E-state index in [9.17, 15) is 9.59 Å². The molecule has 0 bridgehead atoms. The first-order valence-corrected chi connectivity index (χ1v) is 5.61. The van der Waals surface area contributed by atoms with Gasteiger partial charge < -0.3 is 14.3 Å². The summed E-state index contributed by atoms with van der Waals surface area (Å²) >= 11 is 0. The molecular formula is C12H20O4. The van der Waals surface area contributed by atoms with Crippen LogP contribution in [0.15, 0.2) is 0 Å². The second-order valence-electron chi connectivity index (χ2n) is 5.29. The Bertz CT molecular complexity index is 267. The lowest BCUT2D eigenvalue weighted by Gasteiger charge is -2.19. The Kier molecular flexibility index (Phi) is 4.08. The second-order valence-corrected chi connectivity index (χ2v) is 5.29. The first-order chi connectivity index (χ1) is 7.37. The summed E-state index contributed by atoms with van der Waals surface area (Å²) in [6.45, 7) is 8.14. The minimum atomic E-state index is -0.437. The highest BCUT2D eigenvalue weighted by atomic mass is 16.6. The van der Waals surface area contributed by atoms with Crippen molar-refractivity contribution in [3.8, 4) is 0 Å². The predicted molar refractivity (Wildman–Crippen MR) is 58.9 cm³/mol. The molecule has 1 rings (SSSR count). The van der Waals surface area contributed by atoms with Crippen LogP contribution in [0.3, 0.4) is 0 Å². The van der Waals surface area contributed by atoms with E-state index in [1.165, 1.54) is 0 Å². The second kappa shape index (κ2) is 4.95. The van der Waals surface area contributed by atoms with Crippen molar-refractivity contribution in [1.29, 1.82) is 0 Å². The van der Waals surface area contributed by atoms with E-state index in [2.05, 4.69) is 0 Å². The van der Waals surface area contributed by atoms with Crippen LogP contribution in [0.1, 0.15) is 27.7 Å². The zero-order valence-corrected chi connectivity index (χ0v) is 10.4. The van der Waals surface area contributed by atoms with E-state index in [0.29, 0.717) is 12.5 Å². The van der Waals surface area contributed by atoms with Crippen molar-refractivity contribution in [3.05, 3.63) is 0 Å². The Morgan fingerprint density at radius 2 is 2.00 bits per heavy atom. The zero-order valence-electron chi connectivity index (χ0n) is 10.4. The summed E-state index contributed by atoms with van der Waals surface area (Å²) in [6, 6.07) is 0. The van der Waals surface area contributed by atoms with E-state index >= 15 is 0 Å². The largest absolute Gasteiger partial charge is 0.460 e. The molecule has 0 radical (unpaired) electrons. The molecule has 0 amide bonds. The Balaban J connectivity index is 2.34. The van der Waals surface area contributed by atoms with Gasteiger partial charge in [0.1, 0.15) is 18.5 Å². The van der Waals surface area contributed by atoms with Gasteiger partial charge in [0, 0.05) is 0 Å². The molecule has 1 fully saturated rings. The van der Waals surface area contributed by atoms with Gasteiger partial charge in [0.25, 0.3) is 0 Å². The quantitative estimate of drug-likeness (QED) is 0.406. The van der Waals surface area contributed by atoms with Gasteiger partial charge in [-0.1, -0.05) is 6.92 Å². The van der Waals surface area contributed by atoms with E-state index in [0.717, 1.165) is 6.29 Å². The lowest BCUT2D eigenvalue weighted by Crippen LogP contribution is -2.25. The minimum Gasteiger partial charge on any atom is -0.460 e. The van der Waals surface area contributed by atoms with Gasteiger partial charge in [-0.15, -0.1) is 0 Å². The molecule has 0 aromatic carbocycles. The van der Waals surface area contributed by atoms with Crippen molar-refractivity contribution in [3.63, 3.8) is 0 Å². The lowest BCUT2D eigenvalue weighted by atomic mass is 10.2. The smallest absolute Gasteiger partial charge is 0.310 e. The highest BCUT2D eigenvalue weighted by Crippen LogP contribution is 2.47. The van der Waals surface area contributed by atoms with Crippen LogP contribution in [0.4, 0.5) is 0 Å². The molecule has 4 nitrogen and oxygen atoms in total. The molecule has 4 heteroatoms. The molecule has 0 aromatic rings. The van der Waals surface area contributed by atoms with Gasteiger partial charge in [-0.3, -0.25) is 4.79 Å². The molecule has 0 unspecified atom stereocenters. The number of rotatable bonds is 5. The highest BCUT2D eigenvalue weighted by Gasteiger charge is 2.53. The molecule has 0 spiro atoms. The summed E-state index contributed by atoms with van der Waals surface area (Å²) < 4.78 is 10.4. The number of carbonyl (C=O) groups is 2. The number of aldehydes is 1. The van der Waals surface area contributed by atoms with Crippen molar-refractivity contribution in [2.24, 2.45) is 17.8 Å². The van der Waals surface area contributed by atoms with Gasteiger partial charge in [0.05, 0.1) is 12.5 Å². The van der Waals surface area contributed by atoms with Gasteiger partial charge in [-0.05, 0) is 32.6 Å². The monoisotopic (exact) mass is 228 g/mol. The third-order valence-corrected chi connectivity index (χ3v) is 2.74. The average molecular weight is 228 g/mol. The molecule has 1 aliphatic carbocycles. The molecule has 16 heavy (non-hydrogen) atoms. The van der Waals surface area contributed by atoms with Crippen molar-refractivity contribution in [2.75, 3.05) is 13.2 Å². The molecule has 1 saturated carbocycles. The van der Waals surface area contributed by atoms with Crippen LogP contribution in [0.25, 0.3) is 0 Å². The minimum absolute atomic E-state index is 0.0640. The SMILES string of the molecule is C[C@H]1[C@@H](COCC=O)[C@@H]1C(=O)OC(C)(C)C. The van der Waals surface area contributed by atoms with E-state index in [1.54, 1.807) is 0 Å². The number of hydrogen-bond donors (Lipinski definition) is 0. The summed E-state index contributed by atoms with van der Waals surface area (Å²) in [6.07, 6.45) is 0.718. The van der Waals surface area contributed by atoms with E-state index in [-0.39, 0.29) is 24.4 Å². The Morgan fingerprint density at radius 1 is 1.38 bits per heavy atom. The third-order valence-electron chi connectivity index (χ3n) is 2.74. The Hall–Kier alpha value is -0.900. The topological polar surface area (TPSA) is 52.6 Å². The number of ether oxygens (including phenoxy) is 2. The van der Waals surface area contributed by atoms with E-state index < -0.39 is 5.60 Å². The number of hydrogen-bond acceptors (Lipinski definition) is 4. The first-order valence-electron chi connectivity index (χ1n) is 5.61. The summed E-state index contributed by atoms with van der Waals surface area (Å²) in [5.41, 5.74) is -0.437. The standard InChI is InChI=1S/C12H20O4/c1-8-9(7-15-6-5-13)10(8)11(14)16-12(2,3)4/h5,8-10H,6-7H2,1-4H3/t8-,9+,10+/m0/s1. The maximum absolute atomic E-state index is 11.7. The third kappa shape index (κ3) is 3.59. The molecular weight excluding hydrogens is 208 g/mol. The first kappa shape index (κ1) is 13.2. The predicted octanol–water partition coefficient (Wildman–Crippen LogP) is 1.43. The summed E-state index contributed by atoms with van der Waals surface area (Å²) in [5, 5.41) is 0. The molecule has 0 aromatic heterocycles. The number of carbonyl (C=O) groups excluding carboxylic acids is 2.